The molecular weight excluding hydrogens is 190 g/mol. The summed E-state index contributed by atoms with van der Waals surface area (Å²) >= 11 is 0. The van der Waals surface area contributed by atoms with E-state index in [9.17, 15) is 5.11 Å². The highest BCUT2D eigenvalue weighted by molar-refractivity contribution is 5.35. The average molecular weight is 207 g/mol. The molecule has 3 heteroatoms. The van der Waals surface area contributed by atoms with Gasteiger partial charge in [0.25, 0.3) is 0 Å². The zero-order chi connectivity index (χ0) is 10.7. The highest BCUT2D eigenvalue weighted by atomic mass is 16.5. The summed E-state index contributed by atoms with van der Waals surface area (Å²) in [5.41, 5.74) is 6.73. The Kier molecular flexibility index (Phi) is 3.23. The van der Waals surface area contributed by atoms with Crippen LogP contribution in [0.3, 0.4) is 0 Å². The fourth-order valence-electron chi connectivity index (χ4n) is 2.24. The van der Waals surface area contributed by atoms with Gasteiger partial charge >= 0.3 is 0 Å². The average Bonchev–Trinajstić information content (AvgIpc) is 2.30. The fraction of sp³-hybridized carbons (Fsp3) is 0.500. The molecule has 1 fully saturated rings. The Bertz CT molecular complexity index is 327. The van der Waals surface area contributed by atoms with Gasteiger partial charge in [0.2, 0.25) is 0 Å². The molecule has 3 N–H and O–H groups in total. The molecule has 0 saturated carbocycles. The minimum Gasteiger partial charge on any atom is -0.508 e. The predicted molar refractivity (Wildman–Crippen MR) is 58.8 cm³/mol. The van der Waals surface area contributed by atoms with Crippen LogP contribution in [0.1, 0.15) is 17.9 Å². The number of para-hydroxylation sites is 1. The van der Waals surface area contributed by atoms with Crippen molar-refractivity contribution in [3.05, 3.63) is 29.8 Å². The summed E-state index contributed by atoms with van der Waals surface area (Å²) in [6, 6.07) is 7.51. The highest BCUT2D eigenvalue weighted by Crippen LogP contribution is 2.35. The van der Waals surface area contributed by atoms with Gasteiger partial charge in [-0.05, 0) is 30.5 Å². The summed E-state index contributed by atoms with van der Waals surface area (Å²) < 4.78 is 5.40. The van der Waals surface area contributed by atoms with E-state index in [1.54, 1.807) is 6.07 Å². The van der Waals surface area contributed by atoms with Crippen LogP contribution in [0.15, 0.2) is 24.3 Å². The molecule has 1 saturated heterocycles. The number of hydrogen-bond donors (Lipinski definition) is 2. The monoisotopic (exact) mass is 207 g/mol. The van der Waals surface area contributed by atoms with Gasteiger partial charge in [0.05, 0.1) is 6.61 Å². The number of ether oxygens (including phenoxy) is 1. The van der Waals surface area contributed by atoms with Crippen molar-refractivity contribution in [3.8, 4) is 5.75 Å². The molecule has 3 nitrogen and oxygen atoms in total. The number of phenols is 1. The molecule has 2 rings (SSSR count). The van der Waals surface area contributed by atoms with Crippen LogP contribution >= 0.6 is 0 Å². The fourth-order valence-corrected chi connectivity index (χ4v) is 2.24. The van der Waals surface area contributed by atoms with Crippen LogP contribution in [0, 0.1) is 5.92 Å². The molecule has 1 aliphatic heterocycles. The number of aromatic hydroxyl groups is 1. The molecular formula is C12H17NO2. The van der Waals surface area contributed by atoms with Gasteiger partial charge in [-0.25, -0.2) is 0 Å². The molecule has 82 valence electrons. The van der Waals surface area contributed by atoms with Crippen LogP contribution in [0.2, 0.25) is 0 Å². The van der Waals surface area contributed by atoms with E-state index in [0.717, 1.165) is 18.6 Å². The maximum absolute atomic E-state index is 9.79. The first-order chi connectivity index (χ1) is 7.33. The minimum atomic E-state index is 0.326. The van der Waals surface area contributed by atoms with Crippen molar-refractivity contribution in [1.29, 1.82) is 0 Å². The molecule has 1 aromatic carbocycles. The topological polar surface area (TPSA) is 55.5 Å². The normalized spacial score (nSPS) is 26.5. The maximum Gasteiger partial charge on any atom is 0.119 e. The molecule has 0 aliphatic carbocycles. The molecule has 0 bridgehead atoms. The third-order valence-electron chi connectivity index (χ3n) is 3.11. The first-order valence-corrected chi connectivity index (χ1v) is 5.38. The molecule has 15 heavy (non-hydrogen) atoms. The number of nitrogens with two attached hydrogens (primary N) is 1. The molecule has 0 amide bonds. The third-order valence-corrected chi connectivity index (χ3v) is 3.11. The summed E-state index contributed by atoms with van der Waals surface area (Å²) in [6.07, 6.45) is 0.944. The van der Waals surface area contributed by atoms with Crippen LogP contribution in [-0.4, -0.2) is 24.9 Å². The van der Waals surface area contributed by atoms with E-state index >= 15 is 0 Å². The van der Waals surface area contributed by atoms with E-state index in [1.165, 1.54) is 0 Å². The Morgan fingerprint density at radius 1 is 1.40 bits per heavy atom. The van der Waals surface area contributed by atoms with Gasteiger partial charge in [0, 0.05) is 12.5 Å². The van der Waals surface area contributed by atoms with Crippen molar-refractivity contribution in [2.45, 2.75) is 12.3 Å². The zero-order valence-corrected chi connectivity index (χ0v) is 8.73. The lowest BCUT2D eigenvalue weighted by atomic mass is 9.82. The number of hydrogen-bond acceptors (Lipinski definition) is 3. The van der Waals surface area contributed by atoms with E-state index in [2.05, 4.69) is 0 Å². The Balaban J connectivity index is 2.24. The SMILES string of the molecule is NCC1COCCC1c1ccccc1O. The molecule has 1 aromatic rings. The van der Waals surface area contributed by atoms with Gasteiger partial charge in [-0.3, -0.25) is 0 Å². The number of phenolic OH excluding ortho intramolecular Hbond substituents is 1. The second kappa shape index (κ2) is 4.64. The van der Waals surface area contributed by atoms with Crippen LogP contribution in [-0.2, 0) is 4.74 Å². The third kappa shape index (κ3) is 2.13. The first-order valence-electron chi connectivity index (χ1n) is 5.38. The lowest BCUT2D eigenvalue weighted by Gasteiger charge is -2.31. The van der Waals surface area contributed by atoms with E-state index in [-0.39, 0.29) is 0 Å². The van der Waals surface area contributed by atoms with Crippen LogP contribution in [0.25, 0.3) is 0 Å². The Morgan fingerprint density at radius 3 is 2.93 bits per heavy atom. The van der Waals surface area contributed by atoms with Gasteiger partial charge in [0.1, 0.15) is 5.75 Å². The number of rotatable bonds is 2. The molecule has 2 atom stereocenters. The van der Waals surface area contributed by atoms with Crippen LogP contribution < -0.4 is 5.73 Å². The molecule has 1 heterocycles. The second-order valence-corrected chi connectivity index (χ2v) is 4.02. The van der Waals surface area contributed by atoms with Gasteiger partial charge in [-0.1, -0.05) is 18.2 Å². The maximum atomic E-state index is 9.79. The molecule has 0 aromatic heterocycles. The quantitative estimate of drug-likeness (QED) is 0.772. The summed E-state index contributed by atoms with van der Waals surface area (Å²) in [5, 5.41) is 9.79. The van der Waals surface area contributed by atoms with E-state index in [1.807, 2.05) is 18.2 Å². The van der Waals surface area contributed by atoms with Crippen molar-refractivity contribution in [2.75, 3.05) is 19.8 Å². The molecule has 1 aliphatic rings. The minimum absolute atomic E-state index is 0.326. The lowest BCUT2D eigenvalue weighted by Crippen LogP contribution is -2.31. The van der Waals surface area contributed by atoms with Gasteiger partial charge < -0.3 is 15.6 Å². The van der Waals surface area contributed by atoms with Crippen molar-refractivity contribution >= 4 is 0 Å². The molecule has 2 unspecified atom stereocenters. The molecule has 0 spiro atoms. The smallest absolute Gasteiger partial charge is 0.119 e. The zero-order valence-electron chi connectivity index (χ0n) is 8.73. The highest BCUT2D eigenvalue weighted by Gasteiger charge is 2.27. The summed E-state index contributed by atoms with van der Waals surface area (Å²) in [6.45, 7) is 2.07. The molecule has 0 radical (unpaired) electrons. The van der Waals surface area contributed by atoms with Gasteiger partial charge in [-0.15, -0.1) is 0 Å². The summed E-state index contributed by atoms with van der Waals surface area (Å²) in [7, 11) is 0. The largest absolute Gasteiger partial charge is 0.508 e. The lowest BCUT2D eigenvalue weighted by molar-refractivity contribution is 0.0430. The predicted octanol–water partition coefficient (Wildman–Crippen LogP) is 1.47. The van der Waals surface area contributed by atoms with E-state index < -0.39 is 0 Å². The second-order valence-electron chi connectivity index (χ2n) is 4.02. The Labute approximate surface area is 89.9 Å². The standard InChI is InChI=1S/C12H17NO2/c13-7-9-8-15-6-5-10(9)11-3-1-2-4-12(11)14/h1-4,9-10,14H,5-8,13H2. The van der Waals surface area contributed by atoms with Crippen molar-refractivity contribution in [3.63, 3.8) is 0 Å². The van der Waals surface area contributed by atoms with Crippen molar-refractivity contribution in [2.24, 2.45) is 11.7 Å². The van der Waals surface area contributed by atoms with Crippen LogP contribution in [0.4, 0.5) is 0 Å². The van der Waals surface area contributed by atoms with Gasteiger partial charge in [-0.2, -0.15) is 0 Å². The first kappa shape index (κ1) is 10.5. The van der Waals surface area contributed by atoms with Crippen LogP contribution in [0.5, 0.6) is 5.75 Å². The van der Waals surface area contributed by atoms with Gasteiger partial charge in [0.15, 0.2) is 0 Å². The summed E-state index contributed by atoms with van der Waals surface area (Å²) in [5.74, 6) is 1.04. The Morgan fingerprint density at radius 2 is 2.20 bits per heavy atom. The summed E-state index contributed by atoms with van der Waals surface area (Å²) in [4.78, 5) is 0. The number of benzene rings is 1. The van der Waals surface area contributed by atoms with Crippen molar-refractivity contribution in [1.82, 2.24) is 0 Å². The van der Waals surface area contributed by atoms with E-state index in [4.69, 9.17) is 10.5 Å². The van der Waals surface area contributed by atoms with Crippen molar-refractivity contribution < 1.29 is 9.84 Å². The van der Waals surface area contributed by atoms with E-state index in [0.29, 0.717) is 30.7 Å². The Hall–Kier alpha value is -1.06.